The van der Waals surface area contributed by atoms with E-state index in [0.29, 0.717) is 5.56 Å². The van der Waals surface area contributed by atoms with Gasteiger partial charge in [-0.05, 0) is 55.3 Å². The molecule has 0 spiro atoms. The molecule has 0 aliphatic carbocycles. The van der Waals surface area contributed by atoms with E-state index in [0.717, 1.165) is 68.8 Å². The van der Waals surface area contributed by atoms with Gasteiger partial charge in [-0.3, -0.25) is 9.80 Å². The maximum Gasteiger partial charge on any atom is 0.342 e. The highest BCUT2D eigenvalue weighted by Crippen LogP contribution is 2.22. The van der Waals surface area contributed by atoms with Crippen molar-refractivity contribution in [2.24, 2.45) is 0 Å². The van der Waals surface area contributed by atoms with E-state index in [1.165, 1.54) is 11.1 Å². The highest BCUT2D eigenvalue weighted by Gasteiger charge is 2.23. The molecule has 4 rings (SSSR count). The molecule has 0 radical (unpaired) electrons. The van der Waals surface area contributed by atoms with Gasteiger partial charge in [-0.15, -0.1) is 0 Å². The second kappa shape index (κ2) is 13.0. The molecular weight excluding hydrogens is 484 g/mol. The number of pyridine rings is 1. The van der Waals surface area contributed by atoms with Gasteiger partial charge in [-0.25, -0.2) is 9.78 Å². The van der Waals surface area contributed by atoms with Crippen molar-refractivity contribution < 1.29 is 9.53 Å². The molecule has 2 aromatic carbocycles. The van der Waals surface area contributed by atoms with E-state index >= 15 is 0 Å². The van der Waals surface area contributed by atoms with E-state index < -0.39 is 0 Å². The molecule has 3 aromatic rings. The van der Waals surface area contributed by atoms with E-state index in [1.807, 2.05) is 32.0 Å². The van der Waals surface area contributed by atoms with Gasteiger partial charge in [0.05, 0.1) is 6.10 Å². The fourth-order valence-corrected chi connectivity index (χ4v) is 4.81. The lowest BCUT2D eigenvalue weighted by atomic mass is 10.1. The van der Waals surface area contributed by atoms with Crippen LogP contribution in [0.4, 0.5) is 5.82 Å². The first kappa shape index (κ1) is 27.1. The zero-order valence-electron chi connectivity index (χ0n) is 22.1. The minimum Gasteiger partial charge on any atom is -0.459 e. The number of nitrogens with zero attached hydrogens (tertiary/aromatic N) is 4. The number of piperazine rings is 1. The van der Waals surface area contributed by atoms with Gasteiger partial charge in [0.25, 0.3) is 0 Å². The number of carbonyl (C=O) groups is 1. The second-order valence-electron chi connectivity index (χ2n) is 9.80. The molecule has 2 heterocycles. The number of anilines is 1. The summed E-state index contributed by atoms with van der Waals surface area (Å²) in [5, 5.41) is 0.825. The summed E-state index contributed by atoms with van der Waals surface area (Å²) in [5.41, 5.74) is 4.32. The fraction of sp³-hybridized carbons (Fsp3) is 0.400. The average molecular weight is 521 g/mol. The topological polar surface area (TPSA) is 48.9 Å². The van der Waals surface area contributed by atoms with Crippen LogP contribution in [0, 0.1) is 0 Å². The zero-order chi connectivity index (χ0) is 26.2. The van der Waals surface area contributed by atoms with Crippen molar-refractivity contribution in [3.63, 3.8) is 0 Å². The van der Waals surface area contributed by atoms with E-state index in [-0.39, 0.29) is 12.1 Å². The lowest BCUT2D eigenvalue weighted by Crippen LogP contribution is -2.46. The monoisotopic (exact) mass is 520 g/mol. The molecule has 0 amide bonds. The Hall–Kier alpha value is -2.93. The summed E-state index contributed by atoms with van der Waals surface area (Å²) in [5.74, 6) is 0.406. The Balaban J connectivity index is 1.30. The summed E-state index contributed by atoms with van der Waals surface area (Å²) in [6.45, 7) is 13.0. The molecule has 1 aliphatic heterocycles. The quantitative estimate of drug-likeness (QED) is 0.322. The molecule has 1 fully saturated rings. The van der Waals surface area contributed by atoms with Gasteiger partial charge < -0.3 is 9.64 Å². The van der Waals surface area contributed by atoms with Crippen molar-refractivity contribution in [1.29, 1.82) is 0 Å². The van der Waals surface area contributed by atoms with Crippen molar-refractivity contribution in [3.8, 4) is 0 Å². The number of hydrogen-bond donors (Lipinski definition) is 0. The first-order chi connectivity index (χ1) is 17.9. The predicted octanol–water partition coefficient (Wildman–Crippen LogP) is 5.64. The number of carbonyl (C=O) groups excluding carboxylic acids is 1. The number of ether oxygens (including phenoxy) is 1. The van der Waals surface area contributed by atoms with Crippen LogP contribution in [0.25, 0.3) is 0 Å². The van der Waals surface area contributed by atoms with E-state index in [1.54, 1.807) is 18.3 Å². The lowest BCUT2D eigenvalue weighted by Gasteiger charge is -2.36. The van der Waals surface area contributed by atoms with E-state index in [4.69, 9.17) is 16.3 Å². The van der Waals surface area contributed by atoms with Crippen molar-refractivity contribution in [3.05, 3.63) is 94.1 Å². The van der Waals surface area contributed by atoms with Crippen molar-refractivity contribution in [2.75, 3.05) is 37.6 Å². The summed E-state index contributed by atoms with van der Waals surface area (Å²) in [4.78, 5) is 24.1. The molecule has 1 saturated heterocycles. The Kier molecular flexibility index (Phi) is 9.56. The number of esters is 1. The molecule has 0 saturated carbocycles. The Bertz CT molecular complexity index is 1160. The molecule has 6 nitrogen and oxygen atoms in total. The maximum atomic E-state index is 12.5. The van der Waals surface area contributed by atoms with Crippen molar-refractivity contribution in [2.45, 2.75) is 46.5 Å². The SMILES string of the molecule is CCN(Cc1ccc(CN2CCN(c3ncccc3C(=O)OC(C)C)CC2)cc1)Cc1ccccc1Cl. The minimum absolute atomic E-state index is 0.156. The molecule has 0 N–H and O–H groups in total. The van der Waals surface area contributed by atoms with E-state index in [9.17, 15) is 4.79 Å². The fourth-order valence-electron chi connectivity index (χ4n) is 4.62. The molecule has 1 aromatic heterocycles. The van der Waals surface area contributed by atoms with Gasteiger partial charge in [0.2, 0.25) is 0 Å². The highest BCUT2D eigenvalue weighted by molar-refractivity contribution is 6.31. The molecule has 0 unspecified atom stereocenters. The van der Waals surface area contributed by atoms with Crippen LogP contribution in [0.2, 0.25) is 5.02 Å². The molecular formula is C30H37ClN4O2. The molecule has 7 heteroatoms. The summed E-state index contributed by atoms with van der Waals surface area (Å²) in [7, 11) is 0. The number of rotatable bonds is 10. The second-order valence-corrected chi connectivity index (χ2v) is 10.2. The molecule has 37 heavy (non-hydrogen) atoms. The normalized spacial score (nSPS) is 14.4. The minimum atomic E-state index is -0.311. The third kappa shape index (κ3) is 7.54. The third-order valence-corrected chi connectivity index (χ3v) is 7.02. The summed E-state index contributed by atoms with van der Waals surface area (Å²) in [6.07, 6.45) is 1.58. The smallest absolute Gasteiger partial charge is 0.342 e. The zero-order valence-corrected chi connectivity index (χ0v) is 22.8. The van der Waals surface area contributed by atoms with Crippen LogP contribution in [-0.2, 0) is 24.4 Å². The number of benzene rings is 2. The molecule has 196 valence electrons. The predicted molar refractivity (Wildman–Crippen MR) is 150 cm³/mol. The number of halogens is 1. The van der Waals surface area contributed by atoms with Gasteiger partial charge in [0.15, 0.2) is 0 Å². The Morgan fingerprint density at radius 1 is 0.973 bits per heavy atom. The molecule has 0 atom stereocenters. The van der Waals surface area contributed by atoms with Gasteiger partial charge in [-0.2, -0.15) is 0 Å². The molecule has 1 aliphatic rings. The van der Waals surface area contributed by atoms with Crippen LogP contribution >= 0.6 is 11.6 Å². The first-order valence-corrected chi connectivity index (χ1v) is 13.5. The van der Waals surface area contributed by atoms with Crippen molar-refractivity contribution >= 4 is 23.4 Å². The third-order valence-electron chi connectivity index (χ3n) is 6.66. The number of hydrogen-bond acceptors (Lipinski definition) is 6. The van der Waals surface area contributed by atoms with Crippen molar-refractivity contribution in [1.82, 2.24) is 14.8 Å². The highest BCUT2D eigenvalue weighted by atomic mass is 35.5. The van der Waals surface area contributed by atoms with Gasteiger partial charge >= 0.3 is 5.97 Å². The lowest BCUT2D eigenvalue weighted by molar-refractivity contribution is 0.0378. The standard InChI is InChI=1S/C30H37ClN4O2/c1-4-33(22-26-8-5-6-10-28(26)31)20-24-11-13-25(14-12-24)21-34-16-18-35(19-17-34)29-27(9-7-15-32-29)30(36)37-23(2)3/h5-15,23H,4,16-22H2,1-3H3. The summed E-state index contributed by atoms with van der Waals surface area (Å²) >= 11 is 6.37. The average Bonchev–Trinajstić information content (AvgIpc) is 2.90. The van der Waals surface area contributed by atoms with Crippen LogP contribution in [0.3, 0.4) is 0 Å². The largest absolute Gasteiger partial charge is 0.459 e. The van der Waals surface area contributed by atoms with Crippen LogP contribution in [0.15, 0.2) is 66.9 Å². The van der Waals surface area contributed by atoms with Crippen LogP contribution in [-0.4, -0.2) is 59.6 Å². The van der Waals surface area contributed by atoms with Gasteiger partial charge in [0.1, 0.15) is 11.4 Å². The Morgan fingerprint density at radius 3 is 2.35 bits per heavy atom. The van der Waals surface area contributed by atoms with Gasteiger partial charge in [0, 0.05) is 57.0 Å². The van der Waals surface area contributed by atoms with E-state index in [2.05, 4.69) is 56.9 Å². The first-order valence-electron chi connectivity index (χ1n) is 13.1. The summed E-state index contributed by atoms with van der Waals surface area (Å²) < 4.78 is 5.42. The van der Waals surface area contributed by atoms with Crippen LogP contribution in [0.5, 0.6) is 0 Å². The molecule has 0 bridgehead atoms. The maximum absolute atomic E-state index is 12.5. The van der Waals surface area contributed by atoms with Crippen LogP contribution in [0.1, 0.15) is 47.8 Å². The Labute approximate surface area is 225 Å². The van der Waals surface area contributed by atoms with Gasteiger partial charge in [-0.1, -0.05) is 61.0 Å². The van der Waals surface area contributed by atoms with Crippen LogP contribution < -0.4 is 4.90 Å². The number of aromatic nitrogens is 1. The summed E-state index contributed by atoms with van der Waals surface area (Å²) in [6, 6.07) is 20.6. The Morgan fingerprint density at radius 2 is 1.68 bits per heavy atom.